The van der Waals surface area contributed by atoms with Crippen molar-refractivity contribution in [3.8, 4) is 0 Å². The lowest BCUT2D eigenvalue weighted by Crippen LogP contribution is -2.78. The van der Waals surface area contributed by atoms with Crippen LogP contribution in [-0.4, -0.2) is 30.5 Å². The zero-order valence-corrected chi connectivity index (χ0v) is 15.2. The summed E-state index contributed by atoms with van der Waals surface area (Å²) in [5, 5.41) is 13.3. The molecule has 0 aliphatic heterocycles. The molecule has 3 rings (SSSR count). The van der Waals surface area contributed by atoms with Gasteiger partial charge in [-0.15, -0.1) is 0 Å². The van der Waals surface area contributed by atoms with E-state index in [4.69, 9.17) is 0 Å². The lowest BCUT2D eigenvalue weighted by atomic mass is 10.3. The van der Waals surface area contributed by atoms with Crippen molar-refractivity contribution in [2.45, 2.75) is 6.92 Å². The number of amides is 1. The largest absolute Gasteiger partial charge is 0.465 e. The second-order valence-electron chi connectivity index (χ2n) is 5.84. The molecule has 25 heavy (non-hydrogen) atoms. The van der Waals surface area contributed by atoms with E-state index in [0.29, 0.717) is 6.54 Å². The van der Waals surface area contributed by atoms with E-state index in [1.165, 1.54) is 0 Å². The van der Waals surface area contributed by atoms with E-state index >= 15 is 0 Å². The lowest BCUT2D eigenvalue weighted by Gasteiger charge is -2.41. The maximum atomic E-state index is 12.3. The minimum Gasteiger partial charge on any atom is -0.465 e. The fraction of sp³-hybridized carbons (Fsp3) is 0.0952. The van der Waals surface area contributed by atoms with Crippen molar-refractivity contribution in [2.75, 3.05) is 6.54 Å². The van der Waals surface area contributed by atoms with Crippen molar-refractivity contribution in [3.63, 3.8) is 0 Å². The molecule has 0 aliphatic rings. The molecule has 4 heteroatoms. The molecule has 1 amide bonds. The van der Waals surface area contributed by atoms with Gasteiger partial charge in [-0.1, -0.05) is 91.0 Å². The summed E-state index contributed by atoms with van der Waals surface area (Å²) in [7, 11) is -2.88. The van der Waals surface area contributed by atoms with Gasteiger partial charge in [0.2, 0.25) is 0 Å². The Balaban J connectivity index is 2.42. The van der Waals surface area contributed by atoms with Crippen molar-refractivity contribution in [1.29, 1.82) is 0 Å². The number of carbonyl (C=O) groups is 1. The minimum atomic E-state index is -2.88. The van der Waals surface area contributed by atoms with Gasteiger partial charge in [0, 0.05) is 6.54 Å². The normalized spacial score (nSPS) is 11.1. The molecule has 1 N–H and O–H groups in total. The maximum absolute atomic E-state index is 12.3. The summed E-state index contributed by atoms with van der Waals surface area (Å²) in [5.41, 5.74) is 0. The van der Waals surface area contributed by atoms with Gasteiger partial charge in [0.15, 0.2) is 0 Å². The summed E-state index contributed by atoms with van der Waals surface area (Å²) in [6, 6.07) is 30.1. The Hall–Kier alpha value is -2.85. The van der Waals surface area contributed by atoms with E-state index in [-0.39, 0.29) is 0 Å². The molecule has 126 valence electrons. The third-order valence-electron chi connectivity index (χ3n) is 4.53. The standard InChI is InChI=1S/C21H21NO2Si/c1-2-22(21(23)24)25(18-12-6-3-7-13-18,19-14-8-4-9-15-19)20-16-10-5-11-17-20/h3-17H,2H2,1H3,(H,23,24). The highest BCUT2D eigenvalue weighted by molar-refractivity contribution is 7.10. The first-order chi connectivity index (χ1) is 12.2. The topological polar surface area (TPSA) is 40.5 Å². The van der Waals surface area contributed by atoms with Gasteiger partial charge in [-0.05, 0) is 22.5 Å². The Bertz CT molecular complexity index is 726. The molecule has 3 nitrogen and oxygen atoms in total. The van der Waals surface area contributed by atoms with E-state index in [0.717, 1.165) is 15.6 Å². The Morgan fingerprint density at radius 3 is 1.32 bits per heavy atom. The highest BCUT2D eigenvalue weighted by atomic mass is 28.3. The average molecular weight is 347 g/mol. The molecule has 0 saturated carbocycles. The number of hydrogen-bond acceptors (Lipinski definition) is 1. The van der Waals surface area contributed by atoms with E-state index in [9.17, 15) is 9.90 Å². The van der Waals surface area contributed by atoms with E-state index in [1.54, 1.807) is 4.57 Å². The molecule has 0 spiro atoms. The van der Waals surface area contributed by atoms with Crippen LogP contribution in [0.15, 0.2) is 91.0 Å². The van der Waals surface area contributed by atoms with Crippen LogP contribution in [0.5, 0.6) is 0 Å². The number of carboxylic acid groups (broad SMARTS) is 1. The maximum Gasteiger partial charge on any atom is 0.399 e. The van der Waals surface area contributed by atoms with Crippen molar-refractivity contribution in [1.82, 2.24) is 4.57 Å². The van der Waals surface area contributed by atoms with Crippen LogP contribution in [0.2, 0.25) is 0 Å². The number of benzene rings is 3. The van der Waals surface area contributed by atoms with Crippen molar-refractivity contribution >= 4 is 29.9 Å². The Morgan fingerprint density at radius 1 is 0.760 bits per heavy atom. The zero-order valence-electron chi connectivity index (χ0n) is 14.2. The summed E-state index contributed by atoms with van der Waals surface area (Å²) in [4.78, 5) is 12.3. The first-order valence-corrected chi connectivity index (χ1v) is 10.3. The van der Waals surface area contributed by atoms with E-state index in [2.05, 4.69) is 36.4 Å². The molecule has 0 aliphatic carbocycles. The molecule has 0 heterocycles. The van der Waals surface area contributed by atoms with Gasteiger partial charge >= 0.3 is 6.09 Å². The van der Waals surface area contributed by atoms with Crippen molar-refractivity contribution < 1.29 is 9.90 Å². The molecule has 0 aromatic heterocycles. The predicted octanol–water partition coefficient (Wildman–Crippen LogP) is 2.65. The Kier molecular flexibility index (Phi) is 5.00. The quantitative estimate of drug-likeness (QED) is 0.569. The zero-order chi connectivity index (χ0) is 17.7. The number of hydrogen-bond donors (Lipinski definition) is 1. The van der Waals surface area contributed by atoms with Gasteiger partial charge in [-0.25, -0.2) is 4.79 Å². The first kappa shape index (κ1) is 17.0. The molecule has 0 saturated heterocycles. The van der Waals surface area contributed by atoms with Gasteiger partial charge in [-0.3, -0.25) is 0 Å². The molecule has 0 fully saturated rings. The van der Waals surface area contributed by atoms with Gasteiger partial charge in [0.25, 0.3) is 8.24 Å². The second-order valence-corrected chi connectivity index (χ2v) is 9.53. The summed E-state index contributed by atoms with van der Waals surface area (Å²) in [6.45, 7) is 2.34. The van der Waals surface area contributed by atoms with Crippen LogP contribution < -0.4 is 15.6 Å². The molecule has 0 bridgehead atoms. The van der Waals surface area contributed by atoms with Crippen LogP contribution in [0.4, 0.5) is 4.79 Å². The van der Waals surface area contributed by atoms with Gasteiger partial charge < -0.3 is 9.67 Å². The first-order valence-electron chi connectivity index (χ1n) is 8.38. The molecule has 3 aromatic rings. The van der Waals surface area contributed by atoms with Gasteiger partial charge in [0.05, 0.1) is 0 Å². The van der Waals surface area contributed by atoms with E-state index < -0.39 is 14.3 Å². The fourth-order valence-electron chi connectivity index (χ4n) is 3.52. The van der Waals surface area contributed by atoms with Crippen LogP contribution in [0.25, 0.3) is 0 Å². The van der Waals surface area contributed by atoms with Crippen LogP contribution in [-0.2, 0) is 0 Å². The Morgan fingerprint density at radius 2 is 1.08 bits per heavy atom. The summed E-state index contributed by atoms with van der Waals surface area (Å²) >= 11 is 0. The summed E-state index contributed by atoms with van der Waals surface area (Å²) in [6.07, 6.45) is -0.884. The summed E-state index contributed by atoms with van der Waals surface area (Å²) < 4.78 is 1.65. The van der Waals surface area contributed by atoms with Crippen LogP contribution >= 0.6 is 0 Å². The number of rotatable bonds is 5. The number of nitrogens with zero attached hydrogens (tertiary/aromatic N) is 1. The van der Waals surface area contributed by atoms with Crippen molar-refractivity contribution in [2.24, 2.45) is 0 Å². The van der Waals surface area contributed by atoms with Gasteiger partial charge in [-0.2, -0.15) is 0 Å². The lowest BCUT2D eigenvalue weighted by molar-refractivity contribution is 0.172. The molecule has 3 aromatic carbocycles. The van der Waals surface area contributed by atoms with E-state index in [1.807, 2.05) is 61.5 Å². The van der Waals surface area contributed by atoms with Crippen LogP contribution in [0.1, 0.15) is 6.92 Å². The molecule has 0 atom stereocenters. The highest BCUT2D eigenvalue weighted by Crippen LogP contribution is 2.13. The minimum absolute atomic E-state index is 0.431. The predicted molar refractivity (Wildman–Crippen MR) is 104 cm³/mol. The molecule has 0 unspecified atom stereocenters. The van der Waals surface area contributed by atoms with Crippen LogP contribution in [0.3, 0.4) is 0 Å². The Labute approximate surface area is 149 Å². The summed E-state index contributed by atoms with van der Waals surface area (Å²) in [5.74, 6) is 0. The average Bonchev–Trinajstić information content (AvgIpc) is 2.68. The fourth-order valence-corrected chi connectivity index (χ4v) is 8.24. The smallest absolute Gasteiger partial charge is 0.399 e. The molecular formula is C21H21NO2Si. The third kappa shape index (κ3) is 2.96. The molecular weight excluding hydrogens is 326 g/mol. The SMILES string of the molecule is CCN(C(=O)O)[Si](c1ccccc1)(c1ccccc1)c1ccccc1. The monoisotopic (exact) mass is 347 g/mol. The highest BCUT2D eigenvalue weighted by Gasteiger charge is 2.47. The third-order valence-corrected chi connectivity index (χ3v) is 9.35. The second kappa shape index (κ2) is 7.36. The van der Waals surface area contributed by atoms with Crippen LogP contribution in [0, 0.1) is 0 Å². The van der Waals surface area contributed by atoms with Crippen molar-refractivity contribution in [3.05, 3.63) is 91.0 Å². The van der Waals surface area contributed by atoms with Gasteiger partial charge in [0.1, 0.15) is 0 Å². The molecule has 0 radical (unpaired) electrons.